The number of benzene rings is 7. The summed E-state index contributed by atoms with van der Waals surface area (Å²) >= 11 is 0. The van der Waals surface area contributed by atoms with Crippen LogP contribution in [-0.4, -0.2) is 11.1 Å². The molecule has 1 saturated carbocycles. The van der Waals surface area contributed by atoms with Crippen molar-refractivity contribution in [2.75, 3.05) is 4.90 Å². The summed E-state index contributed by atoms with van der Waals surface area (Å²) in [6, 6.07) is 51.1. The molecule has 250 valence electrons. The Morgan fingerprint density at radius 3 is 2.23 bits per heavy atom. The predicted molar refractivity (Wildman–Crippen MR) is 210 cm³/mol. The minimum atomic E-state index is 0.120. The second-order valence-corrected chi connectivity index (χ2v) is 14.1. The lowest BCUT2D eigenvalue weighted by Gasteiger charge is -2.27. The number of ether oxygens (including phenoxy) is 1. The summed E-state index contributed by atoms with van der Waals surface area (Å²) in [6.45, 7) is 0. The molecule has 52 heavy (non-hydrogen) atoms. The van der Waals surface area contributed by atoms with E-state index in [1.165, 1.54) is 34.7 Å². The molecule has 5 heteroatoms. The second kappa shape index (κ2) is 11.6. The molecule has 3 heterocycles. The summed E-state index contributed by atoms with van der Waals surface area (Å²) in [7, 11) is 0. The van der Waals surface area contributed by atoms with Crippen LogP contribution in [0.1, 0.15) is 37.2 Å². The fraction of sp³-hybridized carbons (Fsp3) is 0.128. The van der Waals surface area contributed by atoms with E-state index in [4.69, 9.17) is 18.6 Å². The van der Waals surface area contributed by atoms with Crippen LogP contribution < -0.4 is 9.64 Å². The molecule has 2 atom stereocenters. The topological polar surface area (TPSA) is 51.6 Å². The number of aromatic nitrogens is 1. The smallest absolute Gasteiger partial charge is 0.227 e. The SMILES string of the molecule is c1ccc(-c2nc3cc(N(c4ccc(-c5cccc6ccccc56)cc4)c4ccc5oc6ccccc6c5c4)c4c(c3o2)C2CCCCC2O4)cc1. The van der Waals surface area contributed by atoms with Crippen LogP contribution >= 0.6 is 0 Å². The third-order valence-electron chi connectivity index (χ3n) is 11.1. The number of fused-ring (bicyclic) bond motifs is 9. The quantitative estimate of drug-likeness (QED) is 0.182. The van der Waals surface area contributed by atoms with Crippen LogP contribution in [0.4, 0.5) is 17.1 Å². The molecule has 7 aromatic carbocycles. The van der Waals surface area contributed by atoms with E-state index >= 15 is 0 Å². The lowest BCUT2D eigenvalue weighted by molar-refractivity contribution is 0.164. The Bertz CT molecular complexity index is 2790. The van der Waals surface area contributed by atoms with Gasteiger partial charge in [0.15, 0.2) is 11.3 Å². The van der Waals surface area contributed by atoms with Gasteiger partial charge in [-0.25, -0.2) is 4.98 Å². The van der Waals surface area contributed by atoms with Crippen molar-refractivity contribution < 1.29 is 13.6 Å². The van der Waals surface area contributed by atoms with E-state index in [-0.39, 0.29) is 12.0 Å². The third-order valence-corrected chi connectivity index (χ3v) is 11.1. The zero-order valence-electron chi connectivity index (χ0n) is 28.5. The summed E-state index contributed by atoms with van der Waals surface area (Å²) < 4.78 is 20.0. The van der Waals surface area contributed by atoms with E-state index in [9.17, 15) is 0 Å². The fourth-order valence-corrected chi connectivity index (χ4v) is 8.66. The number of furan rings is 1. The normalized spacial score (nSPS) is 16.7. The maximum atomic E-state index is 7.03. The van der Waals surface area contributed by atoms with Gasteiger partial charge in [-0.1, -0.05) is 97.4 Å². The predicted octanol–water partition coefficient (Wildman–Crippen LogP) is 13.1. The summed E-state index contributed by atoms with van der Waals surface area (Å²) in [4.78, 5) is 7.46. The summed E-state index contributed by atoms with van der Waals surface area (Å²) in [5, 5.41) is 4.64. The van der Waals surface area contributed by atoms with E-state index in [1.54, 1.807) is 0 Å². The lowest BCUT2D eigenvalue weighted by atomic mass is 9.83. The molecule has 9 aromatic rings. The van der Waals surface area contributed by atoms with Gasteiger partial charge in [0.2, 0.25) is 5.89 Å². The Morgan fingerprint density at radius 1 is 0.577 bits per heavy atom. The van der Waals surface area contributed by atoms with Gasteiger partial charge in [0, 0.05) is 39.2 Å². The van der Waals surface area contributed by atoms with E-state index < -0.39 is 0 Å². The highest BCUT2D eigenvalue weighted by Crippen LogP contribution is 2.55. The molecule has 11 rings (SSSR count). The molecule has 1 aliphatic carbocycles. The van der Waals surface area contributed by atoms with E-state index in [0.717, 1.165) is 79.8 Å². The maximum Gasteiger partial charge on any atom is 0.227 e. The van der Waals surface area contributed by atoms with Crippen molar-refractivity contribution in [1.29, 1.82) is 0 Å². The maximum absolute atomic E-state index is 7.03. The van der Waals surface area contributed by atoms with Gasteiger partial charge in [-0.3, -0.25) is 0 Å². The monoisotopic (exact) mass is 674 g/mol. The molecule has 0 N–H and O–H groups in total. The Morgan fingerprint density at radius 2 is 1.33 bits per heavy atom. The Hall–Kier alpha value is -6.33. The number of oxazole rings is 1. The molecule has 0 radical (unpaired) electrons. The fourth-order valence-electron chi connectivity index (χ4n) is 8.66. The second-order valence-electron chi connectivity index (χ2n) is 14.1. The highest BCUT2D eigenvalue weighted by Gasteiger charge is 2.42. The molecular weight excluding hydrogens is 641 g/mol. The highest BCUT2D eigenvalue weighted by molar-refractivity contribution is 6.07. The Balaban J connectivity index is 1.14. The van der Waals surface area contributed by atoms with Crippen LogP contribution in [0.5, 0.6) is 5.75 Å². The van der Waals surface area contributed by atoms with Crippen molar-refractivity contribution in [3.8, 4) is 28.3 Å². The van der Waals surface area contributed by atoms with Gasteiger partial charge in [-0.2, -0.15) is 0 Å². The molecule has 1 aliphatic heterocycles. The molecule has 0 saturated heterocycles. The van der Waals surface area contributed by atoms with Crippen molar-refractivity contribution in [1.82, 2.24) is 4.98 Å². The standard InChI is InChI=1S/C47H34N2O3/c1-2-12-31(13-3-1)47-48-39-28-40(46-44(45(39)52-47)37-17-7-9-20-42(37)51-46)49(33-25-26-43-38(27-33)36-16-6-8-19-41(36)50-43)32-23-21-30(22-24-32)35-18-10-14-29-11-4-5-15-34(29)35/h1-6,8,10-16,18-19,21-28,37,42H,7,9,17,20H2. The summed E-state index contributed by atoms with van der Waals surface area (Å²) in [6.07, 6.45) is 4.58. The minimum absolute atomic E-state index is 0.120. The van der Waals surface area contributed by atoms with Crippen LogP contribution in [-0.2, 0) is 0 Å². The van der Waals surface area contributed by atoms with Crippen molar-refractivity contribution >= 4 is 60.9 Å². The molecule has 2 unspecified atom stereocenters. The van der Waals surface area contributed by atoms with Crippen molar-refractivity contribution in [2.24, 2.45) is 0 Å². The number of rotatable bonds is 5. The van der Waals surface area contributed by atoms with Crippen molar-refractivity contribution in [3.63, 3.8) is 0 Å². The first-order valence-electron chi connectivity index (χ1n) is 18.3. The largest absolute Gasteiger partial charge is 0.487 e. The van der Waals surface area contributed by atoms with Crippen LogP contribution in [0.25, 0.3) is 66.4 Å². The molecular formula is C47H34N2O3. The number of hydrogen-bond acceptors (Lipinski definition) is 5. The molecule has 1 fully saturated rings. The van der Waals surface area contributed by atoms with Gasteiger partial charge < -0.3 is 18.5 Å². The van der Waals surface area contributed by atoms with Gasteiger partial charge in [0.25, 0.3) is 0 Å². The Labute approximate surface area is 300 Å². The average molecular weight is 675 g/mol. The number of hydrogen-bond donors (Lipinski definition) is 0. The summed E-state index contributed by atoms with van der Waals surface area (Å²) in [5.41, 5.74) is 10.9. The average Bonchev–Trinajstić information content (AvgIpc) is 3.92. The van der Waals surface area contributed by atoms with E-state index in [1.807, 2.05) is 30.3 Å². The van der Waals surface area contributed by atoms with Gasteiger partial charge in [-0.15, -0.1) is 0 Å². The minimum Gasteiger partial charge on any atom is -0.487 e. The van der Waals surface area contributed by atoms with Gasteiger partial charge in [-0.05, 0) is 95.8 Å². The van der Waals surface area contributed by atoms with Crippen LogP contribution in [0.15, 0.2) is 154 Å². The molecule has 0 amide bonds. The van der Waals surface area contributed by atoms with Crippen molar-refractivity contribution in [2.45, 2.75) is 37.7 Å². The van der Waals surface area contributed by atoms with E-state index in [0.29, 0.717) is 5.89 Å². The van der Waals surface area contributed by atoms with Crippen LogP contribution in [0, 0.1) is 0 Å². The van der Waals surface area contributed by atoms with E-state index in [2.05, 4.69) is 120 Å². The van der Waals surface area contributed by atoms with Crippen molar-refractivity contribution in [3.05, 3.63) is 151 Å². The summed E-state index contributed by atoms with van der Waals surface area (Å²) in [5.74, 6) is 1.79. The lowest BCUT2D eigenvalue weighted by Crippen LogP contribution is -2.22. The zero-order chi connectivity index (χ0) is 34.2. The third kappa shape index (κ3) is 4.59. The van der Waals surface area contributed by atoms with Gasteiger partial charge in [0.1, 0.15) is 22.8 Å². The first-order valence-corrected chi connectivity index (χ1v) is 18.3. The Kier molecular flexibility index (Phi) is 6.56. The van der Waals surface area contributed by atoms with Crippen LogP contribution in [0.3, 0.4) is 0 Å². The number of anilines is 3. The molecule has 2 aromatic heterocycles. The highest BCUT2D eigenvalue weighted by atomic mass is 16.5. The molecule has 0 spiro atoms. The van der Waals surface area contributed by atoms with Gasteiger partial charge >= 0.3 is 0 Å². The van der Waals surface area contributed by atoms with Gasteiger partial charge in [0.05, 0.1) is 5.69 Å². The molecule has 0 bridgehead atoms. The first kappa shape index (κ1) is 29.4. The zero-order valence-corrected chi connectivity index (χ0v) is 28.5. The molecule has 5 nitrogen and oxygen atoms in total. The number of para-hydroxylation sites is 1. The number of nitrogens with zero attached hydrogens (tertiary/aromatic N) is 2. The first-order chi connectivity index (χ1) is 25.8. The van der Waals surface area contributed by atoms with Crippen LogP contribution in [0.2, 0.25) is 0 Å². The molecule has 2 aliphatic rings.